The summed E-state index contributed by atoms with van der Waals surface area (Å²) in [6.07, 6.45) is -1.37. The number of halogens is 4. The second kappa shape index (κ2) is 6.47. The number of fused-ring (bicyclic) bond motifs is 1. The van der Waals surface area contributed by atoms with Gasteiger partial charge in [-0.1, -0.05) is 11.6 Å². The van der Waals surface area contributed by atoms with Crippen molar-refractivity contribution in [1.29, 1.82) is 0 Å². The van der Waals surface area contributed by atoms with Gasteiger partial charge in [0.1, 0.15) is 11.4 Å². The lowest BCUT2D eigenvalue weighted by atomic mass is 10.2. The van der Waals surface area contributed by atoms with E-state index in [2.05, 4.69) is 30.6 Å². The fraction of sp³-hybridized carbons (Fsp3) is 0.0625. The van der Waals surface area contributed by atoms with Crippen LogP contribution in [0.25, 0.3) is 17.2 Å². The molecule has 3 heterocycles. The van der Waals surface area contributed by atoms with E-state index in [-0.39, 0.29) is 11.7 Å². The summed E-state index contributed by atoms with van der Waals surface area (Å²) in [7, 11) is 0. The molecular formula is C16H9ClF3N7. The van der Waals surface area contributed by atoms with Crippen molar-refractivity contribution in [3.05, 3.63) is 59.4 Å². The van der Waals surface area contributed by atoms with Gasteiger partial charge in [-0.15, -0.1) is 10.2 Å². The third-order valence-corrected chi connectivity index (χ3v) is 3.91. The quantitative estimate of drug-likeness (QED) is 0.568. The lowest BCUT2D eigenvalue weighted by Crippen LogP contribution is -2.05. The summed E-state index contributed by atoms with van der Waals surface area (Å²) in [6.45, 7) is 0. The Bertz CT molecular complexity index is 1110. The van der Waals surface area contributed by atoms with E-state index in [1.165, 1.54) is 22.8 Å². The fourth-order valence-corrected chi connectivity index (χ4v) is 2.55. The van der Waals surface area contributed by atoms with Crippen LogP contribution in [0.4, 0.5) is 24.8 Å². The van der Waals surface area contributed by atoms with E-state index in [4.69, 9.17) is 11.6 Å². The Labute approximate surface area is 154 Å². The van der Waals surface area contributed by atoms with Gasteiger partial charge in [-0.2, -0.15) is 22.8 Å². The zero-order valence-electron chi connectivity index (χ0n) is 13.3. The molecule has 0 aliphatic carbocycles. The zero-order chi connectivity index (χ0) is 19.0. The molecule has 3 aromatic heterocycles. The van der Waals surface area contributed by atoms with Crippen LogP contribution >= 0.6 is 11.6 Å². The topological polar surface area (TPSA) is 80.9 Å². The van der Waals surface area contributed by atoms with Crippen molar-refractivity contribution in [2.45, 2.75) is 6.18 Å². The third-order valence-electron chi connectivity index (χ3n) is 3.61. The molecule has 0 radical (unpaired) electrons. The molecule has 0 saturated heterocycles. The Hall–Kier alpha value is -3.27. The Kier molecular flexibility index (Phi) is 4.11. The van der Waals surface area contributed by atoms with Crippen molar-refractivity contribution in [3.63, 3.8) is 0 Å². The predicted molar refractivity (Wildman–Crippen MR) is 91.5 cm³/mol. The van der Waals surface area contributed by atoms with E-state index in [9.17, 15) is 13.2 Å². The van der Waals surface area contributed by atoms with Crippen LogP contribution in [0.3, 0.4) is 0 Å². The Balaban J connectivity index is 1.63. The molecule has 0 spiro atoms. The summed E-state index contributed by atoms with van der Waals surface area (Å²) in [6, 6.07) is 7.90. The van der Waals surface area contributed by atoms with Crippen molar-refractivity contribution >= 4 is 29.0 Å². The lowest BCUT2D eigenvalue weighted by molar-refractivity contribution is -0.137. The molecule has 0 bridgehead atoms. The van der Waals surface area contributed by atoms with Gasteiger partial charge in [0.2, 0.25) is 0 Å². The summed E-state index contributed by atoms with van der Waals surface area (Å²) in [5.74, 6) is 0.388. The molecule has 0 saturated carbocycles. The van der Waals surface area contributed by atoms with Gasteiger partial charge in [-0.05, 0) is 36.4 Å². The van der Waals surface area contributed by atoms with E-state index >= 15 is 0 Å². The summed E-state index contributed by atoms with van der Waals surface area (Å²) in [4.78, 5) is 8.46. The van der Waals surface area contributed by atoms with Gasteiger partial charge < -0.3 is 5.32 Å². The van der Waals surface area contributed by atoms with E-state index in [1.807, 2.05) is 0 Å². The number of nitrogens with zero attached hydrogens (tertiary/aromatic N) is 6. The van der Waals surface area contributed by atoms with Crippen molar-refractivity contribution in [2.24, 2.45) is 0 Å². The molecule has 4 rings (SSSR count). The third kappa shape index (κ3) is 3.38. The van der Waals surface area contributed by atoms with Crippen LogP contribution in [-0.4, -0.2) is 29.8 Å². The maximum atomic E-state index is 12.6. The van der Waals surface area contributed by atoms with E-state index < -0.39 is 11.7 Å². The molecule has 0 atom stereocenters. The van der Waals surface area contributed by atoms with Gasteiger partial charge in [-0.25, -0.2) is 4.98 Å². The van der Waals surface area contributed by atoms with Gasteiger partial charge in [-0.3, -0.25) is 4.98 Å². The minimum atomic E-state index is -4.39. The first-order chi connectivity index (χ1) is 12.9. The smallest absolute Gasteiger partial charge is 0.323 e. The lowest BCUT2D eigenvalue weighted by Gasteiger charge is -2.08. The van der Waals surface area contributed by atoms with Gasteiger partial charge in [0.25, 0.3) is 11.7 Å². The average molecular weight is 392 g/mol. The number of rotatable bonds is 3. The first-order valence-electron chi connectivity index (χ1n) is 7.55. The standard InChI is InChI=1S/C16H9ClF3N7/c17-11-2-1-7-21-13(11)12-8-22-27-14(25-26-15(27)24-12)23-10-5-3-9(4-6-10)16(18,19)20/h1-8H,(H,23,25). The number of hydrogen-bond acceptors (Lipinski definition) is 6. The van der Waals surface area contributed by atoms with Crippen LogP contribution in [0.5, 0.6) is 0 Å². The van der Waals surface area contributed by atoms with Crippen molar-refractivity contribution in [1.82, 2.24) is 29.8 Å². The second-order valence-corrected chi connectivity index (χ2v) is 5.82. The number of anilines is 2. The van der Waals surface area contributed by atoms with Crippen LogP contribution in [0, 0.1) is 0 Å². The molecule has 1 N–H and O–H groups in total. The predicted octanol–water partition coefficient (Wildman–Crippen LogP) is 4.00. The molecule has 1 aromatic carbocycles. The number of aromatic nitrogens is 6. The molecular weight excluding hydrogens is 383 g/mol. The monoisotopic (exact) mass is 391 g/mol. The molecule has 11 heteroatoms. The van der Waals surface area contributed by atoms with Gasteiger partial charge in [0, 0.05) is 11.9 Å². The number of nitrogens with one attached hydrogen (secondary N) is 1. The average Bonchev–Trinajstić information content (AvgIpc) is 3.04. The first kappa shape index (κ1) is 17.2. The zero-order valence-corrected chi connectivity index (χ0v) is 14.1. The molecule has 0 fully saturated rings. The molecule has 0 amide bonds. The van der Waals surface area contributed by atoms with Gasteiger partial charge in [0.15, 0.2) is 0 Å². The van der Waals surface area contributed by atoms with Crippen LogP contribution in [-0.2, 0) is 6.18 Å². The normalized spacial score (nSPS) is 11.7. The van der Waals surface area contributed by atoms with E-state index in [0.29, 0.717) is 22.1 Å². The van der Waals surface area contributed by atoms with Crippen molar-refractivity contribution in [2.75, 3.05) is 5.32 Å². The van der Waals surface area contributed by atoms with Crippen molar-refractivity contribution in [3.8, 4) is 11.4 Å². The summed E-state index contributed by atoms with van der Waals surface area (Å²) >= 11 is 6.10. The molecule has 7 nitrogen and oxygen atoms in total. The van der Waals surface area contributed by atoms with Crippen LogP contribution in [0.15, 0.2) is 48.8 Å². The maximum Gasteiger partial charge on any atom is 0.416 e. The minimum absolute atomic E-state index is 0.184. The SMILES string of the molecule is FC(F)(F)c1ccc(Nc2nnc3nc(-c4ncccc4Cl)cnn23)cc1. The highest BCUT2D eigenvalue weighted by Gasteiger charge is 2.30. The summed E-state index contributed by atoms with van der Waals surface area (Å²) in [5, 5.41) is 15.3. The number of pyridine rings is 1. The highest BCUT2D eigenvalue weighted by molar-refractivity contribution is 6.32. The number of benzene rings is 1. The molecule has 136 valence electrons. The minimum Gasteiger partial charge on any atom is -0.323 e. The highest BCUT2D eigenvalue weighted by Crippen LogP contribution is 2.30. The Morgan fingerprint density at radius 2 is 1.81 bits per heavy atom. The number of hydrogen-bond donors (Lipinski definition) is 1. The molecule has 0 aliphatic heterocycles. The number of alkyl halides is 3. The summed E-state index contributed by atoms with van der Waals surface area (Å²) in [5.41, 5.74) is 0.530. The molecule has 0 aliphatic rings. The van der Waals surface area contributed by atoms with Crippen LogP contribution < -0.4 is 5.32 Å². The molecule has 4 aromatic rings. The molecule has 0 unspecified atom stereocenters. The van der Waals surface area contributed by atoms with Gasteiger partial charge in [0.05, 0.1) is 16.8 Å². The largest absolute Gasteiger partial charge is 0.416 e. The Morgan fingerprint density at radius 3 is 2.52 bits per heavy atom. The van der Waals surface area contributed by atoms with E-state index in [0.717, 1.165) is 12.1 Å². The first-order valence-corrected chi connectivity index (χ1v) is 7.93. The van der Waals surface area contributed by atoms with Crippen LogP contribution in [0.2, 0.25) is 5.02 Å². The summed E-state index contributed by atoms with van der Waals surface area (Å²) < 4.78 is 39.2. The van der Waals surface area contributed by atoms with E-state index in [1.54, 1.807) is 18.3 Å². The maximum absolute atomic E-state index is 12.6. The fourth-order valence-electron chi connectivity index (χ4n) is 2.33. The Morgan fingerprint density at radius 1 is 1.04 bits per heavy atom. The van der Waals surface area contributed by atoms with Gasteiger partial charge >= 0.3 is 6.18 Å². The highest BCUT2D eigenvalue weighted by atomic mass is 35.5. The second-order valence-electron chi connectivity index (χ2n) is 5.41. The molecule has 27 heavy (non-hydrogen) atoms. The van der Waals surface area contributed by atoms with Crippen LogP contribution in [0.1, 0.15) is 5.56 Å². The van der Waals surface area contributed by atoms with Crippen molar-refractivity contribution < 1.29 is 13.2 Å².